The molecule has 5 heteroatoms. The molecule has 0 bridgehead atoms. The first-order valence-electron chi connectivity index (χ1n) is 6.16. The number of carbonyl (C=O) groups is 1. The van der Waals surface area contributed by atoms with Gasteiger partial charge in [-0.3, -0.25) is 10.3 Å². The minimum atomic E-state index is -0.631. The van der Waals surface area contributed by atoms with Crippen LogP contribution < -0.4 is 5.32 Å². The molecule has 1 aromatic carbocycles. The third kappa shape index (κ3) is 3.61. The molecule has 1 heterocycles. The summed E-state index contributed by atoms with van der Waals surface area (Å²) in [5, 5.41) is 3.10. The first kappa shape index (κ1) is 14.1. The zero-order valence-corrected chi connectivity index (χ0v) is 11.0. The highest BCUT2D eigenvalue weighted by Crippen LogP contribution is 2.16. The Bertz CT molecular complexity index is 558. The molecule has 0 aliphatic rings. The second kappa shape index (κ2) is 6.77. The second-order valence-electron chi connectivity index (χ2n) is 4.24. The average Bonchev–Trinajstić information content (AvgIpc) is 2.50. The summed E-state index contributed by atoms with van der Waals surface area (Å²) in [5.74, 6) is -0.753. The van der Waals surface area contributed by atoms with Gasteiger partial charge in [-0.2, -0.15) is 0 Å². The molecule has 0 saturated heterocycles. The summed E-state index contributed by atoms with van der Waals surface area (Å²) in [6, 6.07) is 8.85. The van der Waals surface area contributed by atoms with Gasteiger partial charge >= 0.3 is 5.97 Å². The number of nitrogens with zero attached hydrogens (tertiary/aromatic N) is 1. The summed E-state index contributed by atoms with van der Waals surface area (Å²) in [6.45, 7) is 0.486. The molecule has 1 aromatic heterocycles. The minimum absolute atomic E-state index is 0.341. The Labute approximate surface area is 116 Å². The third-order valence-corrected chi connectivity index (χ3v) is 2.90. The topological polar surface area (TPSA) is 51.2 Å². The molecule has 0 saturated carbocycles. The van der Waals surface area contributed by atoms with Crippen molar-refractivity contribution in [3.63, 3.8) is 0 Å². The van der Waals surface area contributed by atoms with Crippen molar-refractivity contribution in [3.8, 4) is 0 Å². The number of ether oxygens (including phenoxy) is 1. The molecule has 4 nitrogen and oxygen atoms in total. The van der Waals surface area contributed by atoms with Crippen LogP contribution in [0, 0.1) is 5.82 Å². The van der Waals surface area contributed by atoms with Crippen molar-refractivity contribution in [2.45, 2.75) is 12.6 Å². The van der Waals surface area contributed by atoms with E-state index < -0.39 is 12.0 Å². The molecular formula is C15H15FN2O2. The van der Waals surface area contributed by atoms with Crippen molar-refractivity contribution in [1.82, 2.24) is 10.3 Å². The molecule has 1 atom stereocenters. The van der Waals surface area contributed by atoms with Gasteiger partial charge in [0.15, 0.2) is 0 Å². The first-order valence-corrected chi connectivity index (χ1v) is 6.16. The summed E-state index contributed by atoms with van der Waals surface area (Å²) >= 11 is 0. The SMILES string of the molecule is COC(=O)C(NCc1ccncc1)c1ccc(F)cc1. The van der Waals surface area contributed by atoms with Gasteiger partial charge in [0.1, 0.15) is 11.9 Å². The first-order chi connectivity index (χ1) is 9.70. The van der Waals surface area contributed by atoms with E-state index in [0.29, 0.717) is 12.1 Å². The Kier molecular flexibility index (Phi) is 4.79. The summed E-state index contributed by atoms with van der Waals surface area (Å²) in [6.07, 6.45) is 3.37. The highest BCUT2D eigenvalue weighted by molar-refractivity contribution is 5.77. The lowest BCUT2D eigenvalue weighted by Crippen LogP contribution is -2.29. The third-order valence-electron chi connectivity index (χ3n) is 2.90. The predicted molar refractivity (Wildman–Crippen MR) is 72.2 cm³/mol. The number of pyridine rings is 1. The van der Waals surface area contributed by atoms with Crippen molar-refractivity contribution in [2.75, 3.05) is 7.11 Å². The lowest BCUT2D eigenvalue weighted by atomic mass is 10.1. The van der Waals surface area contributed by atoms with E-state index in [0.717, 1.165) is 5.56 Å². The molecule has 104 valence electrons. The van der Waals surface area contributed by atoms with E-state index in [1.807, 2.05) is 12.1 Å². The Morgan fingerprint density at radius 3 is 2.50 bits per heavy atom. The maximum atomic E-state index is 12.9. The highest BCUT2D eigenvalue weighted by atomic mass is 19.1. The van der Waals surface area contributed by atoms with Crippen LogP contribution in [0.25, 0.3) is 0 Å². The quantitative estimate of drug-likeness (QED) is 0.849. The maximum absolute atomic E-state index is 12.9. The molecule has 1 unspecified atom stereocenters. The number of carbonyl (C=O) groups excluding carboxylic acids is 1. The van der Waals surface area contributed by atoms with Crippen molar-refractivity contribution in [3.05, 3.63) is 65.7 Å². The molecule has 2 aromatic rings. The number of nitrogens with one attached hydrogen (secondary N) is 1. The van der Waals surface area contributed by atoms with E-state index in [1.165, 1.54) is 19.2 Å². The molecule has 2 rings (SSSR count). The van der Waals surface area contributed by atoms with Gasteiger partial charge in [0.25, 0.3) is 0 Å². The van der Waals surface area contributed by atoms with Crippen LogP contribution in [-0.2, 0) is 16.1 Å². The van der Waals surface area contributed by atoms with E-state index in [2.05, 4.69) is 10.3 Å². The van der Waals surface area contributed by atoms with Crippen molar-refractivity contribution < 1.29 is 13.9 Å². The fourth-order valence-corrected chi connectivity index (χ4v) is 1.83. The zero-order valence-electron chi connectivity index (χ0n) is 11.0. The zero-order chi connectivity index (χ0) is 14.4. The summed E-state index contributed by atoms with van der Waals surface area (Å²) in [5.41, 5.74) is 1.66. The van der Waals surface area contributed by atoms with Gasteiger partial charge in [0, 0.05) is 18.9 Å². The molecule has 0 aliphatic heterocycles. The van der Waals surface area contributed by atoms with Crippen LogP contribution in [0.15, 0.2) is 48.8 Å². The summed E-state index contributed by atoms with van der Waals surface area (Å²) < 4.78 is 17.7. The van der Waals surface area contributed by atoms with Gasteiger partial charge in [-0.05, 0) is 35.4 Å². The normalized spacial score (nSPS) is 11.9. The van der Waals surface area contributed by atoms with E-state index >= 15 is 0 Å². The number of hydrogen-bond donors (Lipinski definition) is 1. The Morgan fingerprint density at radius 1 is 1.25 bits per heavy atom. The van der Waals surface area contributed by atoms with Gasteiger partial charge < -0.3 is 4.74 Å². The smallest absolute Gasteiger partial charge is 0.327 e. The number of aromatic nitrogens is 1. The Hall–Kier alpha value is -2.27. The van der Waals surface area contributed by atoms with Gasteiger partial charge in [-0.1, -0.05) is 12.1 Å². The van der Waals surface area contributed by atoms with Crippen molar-refractivity contribution >= 4 is 5.97 Å². The lowest BCUT2D eigenvalue weighted by molar-refractivity contribution is -0.143. The Balaban J connectivity index is 2.12. The lowest BCUT2D eigenvalue weighted by Gasteiger charge is -2.17. The van der Waals surface area contributed by atoms with E-state index in [9.17, 15) is 9.18 Å². The van der Waals surface area contributed by atoms with Crippen molar-refractivity contribution in [1.29, 1.82) is 0 Å². The molecular weight excluding hydrogens is 259 g/mol. The number of methoxy groups -OCH3 is 1. The predicted octanol–water partition coefficient (Wildman–Crippen LogP) is 2.22. The summed E-state index contributed by atoms with van der Waals surface area (Å²) in [7, 11) is 1.33. The van der Waals surface area contributed by atoms with Crippen LogP contribution in [0.2, 0.25) is 0 Å². The van der Waals surface area contributed by atoms with Crippen LogP contribution in [-0.4, -0.2) is 18.1 Å². The Morgan fingerprint density at radius 2 is 1.90 bits per heavy atom. The van der Waals surface area contributed by atoms with Gasteiger partial charge in [0.05, 0.1) is 7.11 Å². The van der Waals surface area contributed by atoms with Crippen LogP contribution in [0.5, 0.6) is 0 Å². The molecule has 0 aliphatic carbocycles. The standard InChI is InChI=1S/C15H15FN2O2/c1-20-15(19)14(12-2-4-13(16)5-3-12)18-10-11-6-8-17-9-7-11/h2-9,14,18H,10H2,1H3. The maximum Gasteiger partial charge on any atom is 0.327 e. The fourth-order valence-electron chi connectivity index (χ4n) is 1.83. The van der Waals surface area contributed by atoms with Crippen LogP contribution in [0.3, 0.4) is 0 Å². The number of esters is 1. The van der Waals surface area contributed by atoms with Crippen LogP contribution in [0.4, 0.5) is 4.39 Å². The number of hydrogen-bond acceptors (Lipinski definition) is 4. The van der Waals surface area contributed by atoms with Crippen LogP contribution in [0.1, 0.15) is 17.2 Å². The number of benzene rings is 1. The largest absolute Gasteiger partial charge is 0.468 e. The number of rotatable bonds is 5. The van der Waals surface area contributed by atoms with E-state index in [4.69, 9.17) is 4.74 Å². The highest BCUT2D eigenvalue weighted by Gasteiger charge is 2.20. The number of halogens is 1. The fraction of sp³-hybridized carbons (Fsp3) is 0.200. The summed E-state index contributed by atoms with van der Waals surface area (Å²) in [4.78, 5) is 15.8. The van der Waals surface area contributed by atoms with Gasteiger partial charge in [-0.15, -0.1) is 0 Å². The molecule has 0 fully saturated rings. The second-order valence-corrected chi connectivity index (χ2v) is 4.24. The van der Waals surface area contributed by atoms with Crippen LogP contribution >= 0.6 is 0 Å². The molecule has 20 heavy (non-hydrogen) atoms. The minimum Gasteiger partial charge on any atom is -0.468 e. The molecule has 0 radical (unpaired) electrons. The average molecular weight is 274 g/mol. The molecule has 0 amide bonds. The van der Waals surface area contributed by atoms with Gasteiger partial charge in [0.2, 0.25) is 0 Å². The van der Waals surface area contributed by atoms with Crippen molar-refractivity contribution in [2.24, 2.45) is 0 Å². The molecule has 0 spiro atoms. The van der Waals surface area contributed by atoms with E-state index in [-0.39, 0.29) is 5.82 Å². The van der Waals surface area contributed by atoms with Gasteiger partial charge in [-0.25, -0.2) is 9.18 Å². The molecule has 1 N–H and O–H groups in total. The van der Waals surface area contributed by atoms with E-state index in [1.54, 1.807) is 24.5 Å². The monoisotopic (exact) mass is 274 g/mol.